The van der Waals surface area contributed by atoms with Crippen molar-refractivity contribution in [2.75, 3.05) is 0 Å². The van der Waals surface area contributed by atoms with E-state index in [-0.39, 0.29) is 5.78 Å². The number of fused-ring (bicyclic) bond motifs is 1. The zero-order chi connectivity index (χ0) is 14.8. The Morgan fingerprint density at radius 3 is 2.18 bits per heavy atom. The fraction of sp³-hybridized carbons (Fsp3) is 0.211. The van der Waals surface area contributed by atoms with Gasteiger partial charge >= 0.3 is 0 Å². The highest BCUT2D eigenvalue weighted by molar-refractivity contribution is 6.01. The number of hydrogen-bond acceptors (Lipinski definition) is 3. The van der Waals surface area contributed by atoms with E-state index < -0.39 is 11.2 Å². The largest absolute Gasteiger partial charge is 0.447 e. The minimum absolute atomic E-state index is 0.0871. The zero-order valence-corrected chi connectivity index (χ0v) is 11.9. The van der Waals surface area contributed by atoms with Crippen molar-refractivity contribution in [3.05, 3.63) is 60.7 Å². The number of carbonyl (C=O) groups is 1. The fourth-order valence-electron chi connectivity index (χ4n) is 3.87. The molecule has 3 aliphatic rings. The summed E-state index contributed by atoms with van der Waals surface area (Å²) in [7, 11) is 0. The average Bonchev–Trinajstić information content (AvgIpc) is 3.12. The maximum atomic E-state index is 12.5. The Morgan fingerprint density at radius 1 is 0.909 bits per heavy atom. The molecule has 0 fully saturated rings. The minimum atomic E-state index is -1.03. The van der Waals surface area contributed by atoms with E-state index in [1.54, 1.807) is 12.2 Å². The van der Waals surface area contributed by atoms with Crippen LogP contribution in [0.15, 0.2) is 60.7 Å². The number of hydrogen-bond donors (Lipinski definition) is 0. The summed E-state index contributed by atoms with van der Waals surface area (Å²) in [5.74, 6) is 0.620. The van der Waals surface area contributed by atoms with Crippen LogP contribution in [0.3, 0.4) is 0 Å². The molecule has 1 aliphatic heterocycles. The molecule has 22 heavy (non-hydrogen) atoms. The Bertz CT molecular complexity index is 827. The molecule has 5 rings (SSSR count). The van der Waals surface area contributed by atoms with Crippen molar-refractivity contribution in [3.63, 3.8) is 0 Å². The molecule has 0 radical (unpaired) electrons. The van der Waals surface area contributed by atoms with Gasteiger partial charge in [-0.15, -0.1) is 0 Å². The van der Waals surface area contributed by atoms with Gasteiger partial charge in [-0.25, -0.2) is 0 Å². The third kappa shape index (κ3) is 1.25. The van der Waals surface area contributed by atoms with Gasteiger partial charge in [0.15, 0.2) is 5.78 Å². The van der Waals surface area contributed by atoms with Crippen LogP contribution in [0.25, 0.3) is 10.8 Å². The van der Waals surface area contributed by atoms with Crippen molar-refractivity contribution < 1.29 is 14.3 Å². The molecule has 2 aliphatic carbocycles. The van der Waals surface area contributed by atoms with Gasteiger partial charge in [0, 0.05) is 6.08 Å². The quantitative estimate of drug-likeness (QED) is 0.693. The summed E-state index contributed by atoms with van der Waals surface area (Å²) in [4.78, 5) is 12.5. The minimum Gasteiger partial charge on any atom is -0.447 e. The van der Waals surface area contributed by atoms with Gasteiger partial charge in [-0.05, 0) is 36.4 Å². The van der Waals surface area contributed by atoms with Gasteiger partial charge in [0.05, 0.1) is 5.39 Å². The van der Waals surface area contributed by atoms with Crippen LogP contribution in [0.2, 0.25) is 0 Å². The first-order chi connectivity index (χ1) is 10.7. The second-order valence-electron chi connectivity index (χ2n) is 6.14. The molecule has 3 nitrogen and oxygen atoms in total. The van der Waals surface area contributed by atoms with Crippen LogP contribution in [0.4, 0.5) is 0 Å². The molecule has 1 heterocycles. The zero-order valence-electron chi connectivity index (χ0n) is 11.9. The first-order valence-electron chi connectivity index (χ1n) is 7.53. The Labute approximate surface area is 127 Å². The van der Waals surface area contributed by atoms with Gasteiger partial charge in [0.1, 0.15) is 16.9 Å². The summed E-state index contributed by atoms with van der Waals surface area (Å²) in [6, 6.07) is 11.9. The molecule has 0 atom stereocenters. The fourth-order valence-corrected chi connectivity index (χ4v) is 3.87. The Hall–Kier alpha value is -2.55. The number of carbonyl (C=O) groups excluding carboxylic acids is 1. The molecule has 0 bridgehead atoms. The lowest BCUT2D eigenvalue weighted by molar-refractivity contribution is -0.168. The summed E-state index contributed by atoms with van der Waals surface area (Å²) in [5.41, 5.74) is -0.664. The molecule has 0 aromatic heterocycles. The molecule has 0 unspecified atom stereocenters. The lowest BCUT2D eigenvalue weighted by Crippen LogP contribution is -2.56. The van der Waals surface area contributed by atoms with Crippen molar-refractivity contribution in [2.24, 2.45) is 5.41 Å². The van der Waals surface area contributed by atoms with Crippen LogP contribution in [-0.2, 0) is 4.79 Å². The second kappa shape index (κ2) is 3.80. The predicted octanol–water partition coefficient (Wildman–Crippen LogP) is 3.78. The van der Waals surface area contributed by atoms with Gasteiger partial charge in [-0.1, -0.05) is 36.4 Å². The Kier molecular flexibility index (Phi) is 2.08. The normalized spacial score (nSPS) is 22.5. The van der Waals surface area contributed by atoms with E-state index in [0.717, 1.165) is 22.3 Å². The van der Waals surface area contributed by atoms with Crippen LogP contribution in [-0.4, -0.2) is 11.6 Å². The molecule has 3 heteroatoms. The van der Waals surface area contributed by atoms with Crippen molar-refractivity contribution in [3.8, 4) is 11.5 Å². The molecule has 108 valence electrons. The van der Waals surface area contributed by atoms with E-state index in [4.69, 9.17) is 9.47 Å². The lowest BCUT2D eigenvalue weighted by Gasteiger charge is -2.44. The van der Waals surface area contributed by atoms with Crippen LogP contribution in [0.1, 0.15) is 12.8 Å². The predicted molar refractivity (Wildman–Crippen MR) is 82.9 cm³/mol. The summed E-state index contributed by atoms with van der Waals surface area (Å²) in [6.45, 7) is 0. The van der Waals surface area contributed by atoms with Crippen LogP contribution in [0, 0.1) is 5.41 Å². The smallest absolute Gasteiger partial charge is 0.285 e. The van der Waals surface area contributed by atoms with Gasteiger partial charge in [0.25, 0.3) is 5.79 Å². The molecule has 0 saturated heterocycles. The second-order valence-corrected chi connectivity index (χ2v) is 6.14. The number of benzene rings is 2. The highest BCUT2D eigenvalue weighted by Gasteiger charge is 2.63. The monoisotopic (exact) mass is 290 g/mol. The average molecular weight is 290 g/mol. The Morgan fingerprint density at radius 2 is 1.55 bits per heavy atom. The third-order valence-corrected chi connectivity index (χ3v) is 5.04. The van der Waals surface area contributed by atoms with Crippen molar-refractivity contribution >= 4 is 16.6 Å². The van der Waals surface area contributed by atoms with E-state index in [2.05, 4.69) is 0 Å². The first kappa shape index (κ1) is 12.0. The van der Waals surface area contributed by atoms with Crippen molar-refractivity contribution in [1.29, 1.82) is 0 Å². The summed E-state index contributed by atoms with van der Waals surface area (Å²) in [5, 5.41) is 2.06. The third-order valence-electron chi connectivity index (χ3n) is 5.04. The van der Waals surface area contributed by atoms with E-state index in [9.17, 15) is 4.79 Å². The van der Waals surface area contributed by atoms with E-state index in [1.165, 1.54) is 0 Å². The molecule has 2 aromatic carbocycles. The van der Waals surface area contributed by atoms with E-state index in [1.807, 2.05) is 48.6 Å². The van der Waals surface area contributed by atoms with Crippen LogP contribution >= 0.6 is 0 Å². The van der Waals surface area contributed by atoms with Gasteiger partial charge in [0.2, 0.25) is 0 Å². The maximum absolute atomic E-state index is 12.5. The molecule has 2 aromatic rings. The topological polar surface area (TPSA) is 35.5 Å². The standard InChI is InChI=1S/C19H14O3/c20-16-9-12-19(18(16)10-1-2-11-18)21-14-7-3-5-13-6-4-8-15(22-19)17(13)14/h1-9,12H,10-11H2. The molecule has 0 N–H and O–H groups in total. The molecular weight excluding hydrogens is 276 g/mol. The van der Waals surface area contributed by atoms with Gasteiger partial charge in [-0.2, -0.15) is 0 Å². The highest BCUT2D eigenvalue weighted by Crippen LogP contribution is 2.55. The van der Waals surface area contributed by atoms with Crippen LogP contribution < -0.4 is 9.47 Å². The molecule has 0 saturated carbocycles. The molecule has 0 amide bonds. The summed E-state index contributed by atoms with van der Waals surface area (Å²) < 4.78 is 12.6. The van der Waals surface area contributed by atoms with Crippen molar-refractivity contribution in [1.82, 2.24) is 0 Å². The number of ether oxygens (including phenoxy) is 2. The Balaban J connectivity index is 1.74. The lowest BCUT2D eigenvalue weighted by atomic mass is 9.76. The number of rotatable bonds is 0. The maximum Gasteiger partial charge on any atom is 0.285 e. The van der Waals surface area contributed by atoms with Gasteiger partial charge < -0.3 is 9.47 Å². The SMILES string of the molecule is O=C1C=CC2(Oc3cccc4cccc(c34)O2)C12CC=CC2. The highest BCUT2D eigenvalue weighted by atomic mass is 16.7. The van der Waals surface area contributed by atoms with E-state index in [0.29, 0.717) is 12.8 Å². The van der Waals surface area contributed by atoms with E-state index >= 15 is 0 Å². The number of allylic oxidation sites excluding steroid dienone is 3. The summed E-state index contributed by atoms with van der Waals surface area (Å²) in [6.07, 6.45) is 8.78. The summed E-state index contributed by atoms with van der Waals surface area (Å²) >= 11 is 0. The number of ketones is 1. The first-order valence-corrected chi connectivity index (χ1v) is 7.53. The molecular formula is C19H14O3. The van der Waals surface area contributed by atoms with Crippen molar-refractivity contribution in [2.45, 2.75) is 18.6 Å². The van der Waals surface area contributed by atoms with Gasteiger partial charge in [-0.3, -0.25) is 4.79 Å². The van der Waals surface area contributed by atoms with Crippen LogP contribution in [0.5, 0.6) is 11.5 Å². The molecule has 2 spiro atoms.